The number of aliphatic carboxylic acids is 3. The summed E-state index contributed by atoms with van der Waals surface area (Å²) in [5, 5.41) is 28.4. The van der Waals surface area contributed by atoms with Gasteiger partial charge in [-0.3, -0.25) is 14.4 Å². The molecule has 0 saturated heterocycles. The summed E-state index contributed by atoms with van der Waals surface area (Å²) in [6.07, 6.45) is 1.22. The third-order valence-electron chi connectivity index (χ3n) is 1.68. The molecule has 0 fully saturated rings. The molecular weight excluding hydrogens is 363 g/mol. The maximum Gasteiger partial charge on any atom is 3.00 e. The van der Waals surface area contributed by atoms with Gasteiger partial charge >= 0.3 is 17.4 Å². The minimum atomic E-state index is -1.31. The number of carbonyl (C=O) groups is 6. The zero-order valence-corrected chi connectivity index (χ0v) is 16.9. The van der Waals surface area contributed by atoms with Crippen LogP contribution in [-0.2, 0) is 28.8 Å². The van der Waals surface area contributed by atoms with Crippen LogP contribution in [0, 0.1) is 0 Å². The fourth-order valence-electron chi connectivity index (χ4n) is 0.610. The molecule has 0 heterocycles. The number of carboxylic acid groups (broad SMARTS) is 3. The van der Waals surface area contributed by atoms with Gasteiger partial charge in [0, 0.05) is 37.2 Å². The van der Waals surface area contributed by atoms with E-state index >= 15 is 0 Å². The Kier molecular flexibility index (Phi) is 34.0. The molecule has 0 aliphatic rings. The summed E-state index contributed by atoms with van der Waals surface area (Å²) >= 11 is 0. The first-order chi connectivity index (χ1) is 11.3. The maximum atomic E-state index is 9.83. The molecule has 10 heteroatoms. The fraction of sp³-hybridized carbons (Fsp3) is 0.625. The summed E-state index contributed by atoms with van der Waals surface area (Å²) in [5.74, 6) is -5.06. The second-order valence-electron chi connectivity index (χ2n) is 4.75. The second-order valence-corrected chi connectivity index (χ2v) is 4.75. The van der Waals surface area contributed by atoms with Crippen LogP contribution in [0.2, 0.25) is 0 Å². The Labute approximate surface area is 163 Å². The van der Waals surface area contributed by atoms with E-state index in [1.807, 2.05) is 0 Å². The average molecular weight is 388 g/mol. The number of carboxylic acids is 3. The first kappa shape index (κ1) is 35.1. The normalized spacial score (nSPS) is 7.73. The van der Waals surface area contributed by atoms with Crippen LogP contribution in [0.5, 0.6) is 0 Å². The van der Waals surface area contributed by atoms with Crippen LogP contribution in [0.3, 0.4) is 0 Å². The molecule has 0 atom stereocenters. The van der Waals surface area contributed by atoms with Crippen molar-refractivity contribution in [2.24, 2.45) is 0 Å². The third kappa shape index (κ3) is 80.3. The Bertz CT molecular complexity index is 345. The third-order valence-corrected chi connectivity index (χ3v) is 1.68. The molecule has 0 aromatic heterocycles. The Hall–Kier alpha value is -2.05. The van der Waals surface area contributed by atoms with Gasteiger partial charge in [-0.05, 0) is 20.8 Å². The van der Waals surface area contributed by atoms with Crippen molar-refractivity contribution < 1.29 is 44.1 Å². The van der Waals surface area contributed by atoms with Crippen LogP contribution >= 0.6 is 0 Å². The van der Waals surface area contributed by atoms with Crippen molar-refractivity contribution in [1.29, 1.82) is 0 Å². The summed E-state index contributed by atoms with van der Waals surface area (Å²) in [6, 6.07) is 0. The molecule has 0 aromatic carbocycles. The van der Waals surface area contributed by atoms with E-state index in [1.165, 1.54) is 33.6 Å². The Morgan fingerprint density at radius 1 is 0.538 bits per heavy atom. The zero-order valence-electron chi connectivity index (χ0n) is 15.8. The van der Waals surface area contributed by atoms with E-state index in [2.05, 4.69) is 13.8 Å². The number of unbranched alkanes of at least 4 members (excludes halogenated alkanes) is 1. The van der Waals surface area contributed by atoms with Gasteiger partial charge in [0.2, 0.25) is 0 Å². The molecule has 0 rings (SSSR count). The minimum absolute atomic E-state index is 0. The Morgan fingerprint density at radius 2 is 0.692 bits per heavy atom. The van der Waals surface area contributed by atoms with Gasteiger partial charge in [0.1, 0.15) is 17.3 Å². The second kappa shape index (κ2) is 25.2. The summed E-state index contributed by atoms with van der Waals surface area (Å²) in [5.41, 5.74) is 0. The molecule has 0 unspecified atom stereocenters. The van der Waals surface area contributed by atoms with Gasteiger partial charge in [0.25, 0.3) is 0 Å². The summed E-state index contributed by atoms with van der Waals surface area (Å²) in [4.78, 5) is 57.9. The van der Waals surface area contributed by atoms with Crippen LogP contribution in [0.25, 0.3) is 0 Å². The van der Waals surface area contributed by atoms with Crippen LogP contribution < -0.4 is 15.3 Å². The van der Waals surface area contributed by atoms with E-state index in [0.717, 1.165) is 0 Å². The molecule has 0 spiro atoms. The molecule has 0 amide bonds. The van der Waals surface area contributed by atoms with Crippen molar-refractivity contribution in [3.05, 3.63) is 0 Å². The average Bonchev–Trinajstić information content (AvgIpc) is 2.35. The van der Waals surface area contributed by atoms with E-state index in [4.69, 9.17) is 0 Å². The van der Waals surface area contributed by atoms with Gasteiger partial charge in [0.05, 0.1) is 0 Å². The molecule has 9 nitrogen and oxygen atoms in total. The first-order valence-corrected chi connectivity index (χ1v) is 7.37. The van der Waals surface area contributed by atoms with Gasteiger partial charge in [-0.15, -0.1) is 0 Å². The summed E-state index contributed by atoms with van der Waals surface area (Å²) in [6.45, 7) is 7.97. The molecular formula is C16H25AlO9. The molecule has 0 saturated carbocycles. The summed E-state index contributed by atoms with van der Waals surface area (Å²) < 4.78 is 0. The maximum absolute atomic E-state index is 9.83. The van der Waals surface area contributed by atoms with Crippen LogP contribution in [0.4, 0.5) is 0 Å². The van der Waals surface area contributed by atoms with Gasteiger partial charge in [-0.25, -0.2) is 0 Å². The number of hydrogen-bond acceptors (Lipinski definition) is 9. The van der Waals surface area contributed by atoms with Crippen LogP contribution in [0.15, 0.2) is 0 Å². The monoisotopic (exact) mass is 388 g/mol. The number of ketones is 3. The predicted molar refractivity (Wildman–Crippen MR) is 87.3 cm³/mol. The SMILES string of the molecule is CC(=O)CC(=O)[O-].CC(=O)CC(=O)[O-].CC(=O)CC(=O)[O-].CCCC.[Al+3]. The molecule has 0 aliphatic heterocycles. The number of hydrogen-bond donors (Lipinski definition) is 0. The van der Waals surface area contributed by atoms with Gasteiger partial charge < -0.3 is 29.7 Å². The predicted octanol–water partition coefficient (Wildman–Crippen LogP) is -2.43. The molecule has 0 bridgehead atoms. The molecule has 0 N–H and O–H groups in total. The largest absolute Gasteiger partial charge is 3.00 e. The zero-order chi connectivity index (χ0) is 21.0. The molecule has 146 valence electrons. The van der Waals surface area contributed by atoms with Crippen molar-refractivity contribution in [1.82, 2.24) is 0 Å². The molecule has 0 radical (unpaired) electrons. The summed E-state index contributed by atoms with van der Waals surface area (Å²) in [7, 11) is 0. The van der Waals surface area contributed by atoms with Gasteiger partial charge in [-0.2, -0.15) is 0 Å². The van der Waals surface area contributed by atoms with E-state index in [0.29, 0.717) is 0 Å². The Balaban J connectivity index is -0.0000000759. The number of Topliss-reactive ketones (excluding diaryl/α,β-unsaturated/α-hetero) is 3. The fourth-order valence-corrected chi connectivity index (χ4v) is 0.610. The van der Waals surface area contributed by atoms with Crippen LogP contribution in [0.1, 0.15) is 66.7 Å². The molecule has 0 aliphatic carbocycles. The van der Waals surface area contributed by atoms with E-state index < -0.39 is 37.2 Å². The number of rotatable bonds is 7. The van der Waals surface area contributed by atoms with Crippen molar-refractivity contribution in [2.75, 3.05) is 0 Å². The quantitative estimate of drug-likeness (QED) is 0.339. The first-order valence-electron chi connectivity index (χ1n) is 7.37. The topological polar surface area (TPSA) is 172 Å². The molecule has 26 heavy (non-hydrogen) atoms. The van der Waals surface area contributed by atoms with Crippen molar-refractivity contribution in [3.8, 4) is 0 Å². The van der Waals surface area contributed by atoms with Crippen LogP contribution in [-0.4, -0.2) is 52.6 Å². The Morgan fingerprint density at radius 3 is 0.692 bits per heavy atom. The number of carbonyl (C=O) groups excluding carboxylic acids is 6. The van der Waals surface area contributed by atoms with Crippen molar-refractivity contribution in [2.45, 2.75) is 66.7 Å². The standard InChI is InChI=1S/3C4H6O3.C4H10.Al/c3*1-3(5)2-4(6)7;1-3-4-2;/h3*2H2,1H3,(H,6,7);3-4H2,1-2H3;/q;;;;+3/p-3. The van der Waals surface area contributed by atoms with E-state index in [1.54, 1.807) is 0 Å². The van der Waals surface area contributed by atoms with Crippen molar-refractivity contribution >= 4 is 52.6 Å². The van der Waals surface area contributed by atoms with E-state index in [9.17, 15) is 44.1 Å². The molecule has 0 aromatic rings. The van der Waals surface area contributed by atoms with Gasteiger partial charge in [0.15, 0.2) is 0 Å². The van der Waals surface area contributed by atoms with E-state index in [-0.39, 0.29) is 34.7 Å². The van der Waals surface area contributed by atoms with Gasteiger partial charge in [-0.1, -0.05) is 26.7 Å². The van der Waals surface area contributed by atoms with Crippen molar-refractivity contribution in [3.63, 3.8) is 0 Å². The minimum Gasteiger partial charge on any atom is -0.550 e. The smallest absolute Gasteiger partial charge is 0.550 e.